The number of ether oxygens (including phenoxy) is 2. The lowest BCUT2D eigenvalue weighted by molar-refractivity contribution is -0.271. The van der Waals surface area contributed by atoms with Crippen molar-refractivity contribution in [2.24, 2.45) is 34.5 Å². The van der Waals surface area contributed by atoms with Gasteiger partial charge in [-0.25, -0.2) is 0 Å². The molecule has 0 aromatic heterocycles. The highest BCUT2D eigenvalue weighted by Gasteiger charge is 2.68. The van der Waals surface area contributed by atoms with Gasteiger partial charge in [0.05, 0.1) is 0 Å². The predicted octanol–water partition coefficient (Wildman–Crippen LogP) is 6.98. The van der Waals surface area contributed by atoms with E-state index in [4.69, 9.17) is 9.47 Å². The van der Waals surface area contributed by atoms with Gasteiger partial charge in [-0.1, -0.05) is 59.3 Å². The van der Waals surface area contributed by atoms with E-state index in [0.717, 1.165) is 31.6 Å². The average Bonchev–Trinajstić information content (AvgIpc) is 3.13. The second-order valence-corrected chi connectivity index (χ2v) is 13.4. The van der Waals surface area contributed by atoms with E-state index in [2.05, 4.69) is 20.8 Å². The first-order valence-electron chi connectivity index (χ1n) is 15.1. The molecular weight excluding hydrogens is 452 g/mol. The van der Waals surface area contributed by atoms with Crippen LogP contribution < -0.4 is 0 Å². The highest BCUT2D eigenvalue weighted by Crippen LogP contribution is 2.69. The van der Waals surface area contributed by atoms with Crippen LogP contribution in [-0.4, -0.2) is 34.9 Å². The first kappa shape index (κ1) is 27.9. The molecule has 0 spiro atoms. The monoisotopic (exact) mass is 504 g/mol. The molecule has 0 saturated heterocycles. The van der Waals surface area contributed by atoms with E-state index in [-0.39, 0.29) is 23.5 Å². The molecule has 5 nitrogen and oxygen atoms in total. The van der Waals surface area contributed by atoms with Crippen LogP contribution in [0.25, 0.3) is 0 Å². The lowest BCUT2D eigenvalue weighted by Gasteiger charge is -2.65. The summed E-state index contributed by atoms with van der Waals surface area (Å²) in [5.41, 5.74) is -1.11. The molecule has 4 fully saturated rings. The summed E-state index contributed by atoms with van der Waals surface area (Å²) in [6.45, 7) is 9.97. The second kappa shape index (κ2) is 10.9. The van der Waals surface area contributed by atoms with Gasteiger partial charge in [0.15, 0.2) is 0 Å². The molecule has 0 aromatic rings. The van der Waals surface area contributed by atoms with E-state index in [1.807, 2.05) is 0 Å². The normalized spacial score (nSPS) is 43.7. The molecule has 4 rings (SSSR count). The quantitative estimate of drug-likeness (QED) is 0.271. The molecule has 0 amide bonds. The molecule has 1 N–H and O–H groups in total. The lowest BCUT2D eigenvalue weighted by Crippen LogP contribution is -2.69. The zero-order valence-electron chi connectivity index (χ0n) is 23.7. The number of unbranched alkanes of at least 4 members (excludes halogenated alkanes) is 5. The molecule has 4 aliphatic carbocycles. The number of carbonyl (C=O) groups excluding carboxylic acids is 2. The van der Waals surface area contributed by atoms with E-state index in [0.29, 0.717) is 29.6 Å². The molecule has 0 aromatic carbocycles. The third-order valence-electron chi connectivity index (χ3n) is 11.5. The molecule has 206 valence electrons. The van der Waals surface area contributed by atoms with Crippen LogP contribution in [0, 0.1) is 34.5 Å². The van der Waals surface area contributed by atoms with Crippen molar-refractivity contribution in [2.75, 3.05) is 0 Å². The SMILES string of the molecule is CCCCCCCC[C@H]1CC[C@H]2[C@@H]3C[C@@H](OC(C)=O)[C@]4(O)C[C@@H](OC(C)=O)CC[C@]4(C)[C@H]3CC[C@]12C. The molecule has 4 saturated carbocycles. The van der Waals surface area contributed by atoms with Crippen LogP contribution >= 0.6 is 0 Å². The van der Waals surface area contributed by atoms with E-state index in [1.165, 1.54) is 78.1 Å². The maximum absolute atomic E-state index is 12.3. The molecule has 0 unspecified atom stereocenters. The van der Waals surface area contributed by atoms with Crippen molar-refractivity contribution in [3.63, 3.8) is 0 Å². The van der Waals surface area contributed by atoms with Gasteiger partial charge in [-0.3, -0.25) is 9.59 Å². The highest BCUT2D eigenvalue weighted by atomic mass is 16.6. The first-order valence-corrected chi connectivity index (χ1v) is 15.1. The van der Waals surface area contributed by atoms with E-state index < -0.39 is 11.7 Å². The Bertz CT molecular complexity index is 796. The van der Waals surface area contributed by atoms with Gasteiger partial charge in [0.2, 0.25) is 0 Å². The van der Waals surface area contributed by atoms with E-state index in [1.54, 1.807) is 0 Å². The second-order valence-electron chi connectivity index (χ2n) is 13.4. The number of carbonyl (C=O) groups is 2. The fourth-order valence-electron chi connectivity index (χ4n) is 9.65. The summed E-state index contributed by atoms with van der Waals surface area (Å²) in [6.07, 6.45) is 16.4. The van der Waals surface area contributed by atoms with E-state index >= 15 is 0 Å². The summed E-state index contributed by atoms with van der Waals surface area (Å²) in [4.78, 5) is 23.9. The molecule has 9 atom stereocenters. The Kier molecular flexibility index (Phi) is 8.49. The van der Waals surface area contributed by atoms with Gasteiger partial charge in [0, 0.05) is 25.7 Å². The molecule has 4 aliphatic rings. The van der Waals surface area contributed by atoms with Gasteiger partial charge in [0.25, 0.3) is 0 Å². The maximum Gasteiger partial charge on any atom is 0.303 e. The van der Waals surface area contributed by atoms with Crippen molar-refractivity contribution in [2.45, 2.75) is 149 Å². The fraction of sp³-hybridized carbons (Fsp3) is 0.935. The van der Waals surface area contributed by atoms with Crippen LogP contribution in [0.1, 0.15) is 131 Å². The minimum absolute atomic E-state index is 0.305. The Labute approximate surface area is 219 Å². The van der Waals surface area contributed by atoms with Crippen molar-refractivity contribution in [3.8, 4) is 0 Å². The number of fused-ring (bicyclic) bond motifs is 5. The summed E-state index contributed by atoms with van der Waals surface area (Å²) < 4.78 is 11.5. The zero-order chi connectivity index (χ0) is 26.1. The summed E-state index contributed by atoms with van der Waals surface area (Å²) in [6, 6.07) is 0. The Morgan fingerprint density at radius 1 is 0.861 bits per heavy atom. The van der Waals surface area contributed by atoms with Crippen LogP contribution in [0.15, 0.2) is 0 Å². The van der Waals surface area contributed by atoms with Gasteiger partial charge in [-0.15, -0.1) is 0 Å². The topological polar surface area (TPSA) is 72.8 Å². The van der Waals surface area contributed by atoms with Crippen LogP contribution in [0.5, 0.6) is 0 Å². The first-order chi connectivity index (χ1) is 17.0. The fourth-order valence-corrected chi connectivity index (χ4v) is 9.65. The lowest BCUT2D eigenvalue weighted by atomic mass is 9.42. The minimum atomic E-state index is -1.15. The summed E-state index contributed by atoms with van der Waals surface area (Å²) in [7, 11) is 0. The standard InChI is InChI=1S/C31H52O5/c1-6-7-8-9-10-11-12-23-13-14-26-25-19-28(36-22(3)33)31(34)20-24(35-21(2)32)15-18-30(31,5)27(25)16-17-29(23,26)4/h23-28,34H,6-20H2,1-5H3/t23-,24-,25-,26-,27-,28+,29+,30+,31+/m0/s1. The third kappa shape index (κ3) is 4.99. The van der Waals surface area contributed by atoms with Gasteiger partial charge in [-0.2, -0.15) is 0 Å². The summed E-state index contributed by atoms with van der Waals surface area (Å²) in [5, 5.41) is 12.3. The Balaban J connectivity index is 1.51. The zero-order valence-corrected chi connectivity index (χ0v) is 23.7. The number of aliphatic hydroxyl groups is 1. The van der Waals surface area contributed by atoms with Gasteiger partial charge >= 0.3 is 11.9 Å². The molecule has 0 bridgehead atoms. The van der Waals surface area contributed by atoms with E-state index in [9.17, 15) is 14.7 Å². The van der Waals surface area contributed by atoms with Crippen LogP contribution in [0.4, 0.5) is 0 Å². The molecular formula is C31H52O5. The average molecular weight is 505 g/mol. The summed E-state index contributed by atoms with van der Waals surface area (Å²) >= 11 is 0. The van der Waals surface area contributed by atoms with Crippen molar-refractivity contribution in [3.05, 3.63) is 0 Å². The molecule has 0 radical (unpaired) electrons. The van der Waals surface area contributed by atoms with Crippen molar-refractivity contribution < 1.29 is 24.2 Å². The van der Waals surface area contributed by atoms with Crippen molar-refractivity contribution in [1.29, 1.82) is 0 Å². The Hall–Kier alpha value is -1.10. The highest BCUT2D eigenvalue weighted by molar-refractivity contribution is 5.66. The molecule has 0 heterocycles. The van der Waals surface area contributed by atoms with Crippen molar-refractivity contribution >= 4 is 11.9 Å². The van der Waals surface area contributed by atoms with Crippen LogP contribution in [0.2, 0.25) is 0 Å². The molecule has 0 aliphatic heterocycles. The number of hydrogen-bond acceptors (Lipinski definition) is 5. The smallest absolute Gasteiger partial charge is 0.303 e. The molecule has 5 heteroatoms. The number of hydrogen-bond donors (Lipinski definition) is 1. The van der Waals surface area contributed by atoms with Gasteiger partial charge < -0.3 is 14.6 Å². The Morgan fingerprint density at radius 2 is 1.56 bits per heavy atom. The molecule has 36 heavy (non-hydrogen) atoms. The van der Waals surface area contributed by atoms with Crippen LogP contribution in [-0.2, 0) is 19.1 Å². The number of esters is 2. The predicted molar refractivity (Wildman–Crippen MR) is 141 cm³/mol. The maximum atomic E-state index is 12.3. The summed E-state index contributed by atoms with van der Waals surface area (Å²) in [5.74, 6) is 1.73. The minimum Gasteiger partial charge on any atom is -0.462 e. The van der Waals surface area contributed by atoms with Crippen LogP contribution in [0.3, 0.4) is 0 Å². The largest absolute Gasteiger partial charge is 0.462 e. The number of rotatable bonds is 9. The third-order valence-corrected chi connectivity index (χ3v) is 11.5. The van der Waals surface area contributed by atoms with Gasteiger partial charge in [-0.05, 0) is 80.5 Å². The Morgan fingerprint density at radius 3 is 2.25 bits per heavy atom. The van der Waals surface area contributed by atoms with Crippen molar-refractivity contribution in [1.82, 2.24) is 0 Å². The van der Waals surface area contributed by atoms with Gasteiger partial charge in [0.1, 0.15) is 17.8 Å².